The summed E-state index contributed by atoms with van der Waals surface area (Å²) in [5.41, 5.74) is 10.9. The highest BCUT2D eigenvalue weighted by atomic mass is 32.1. The molecular formula is C12H16N6O4S. The average molecular weight is 340 g/mol. The summed E-state index contributed by atoms with van der Waals surface area (Å²) >= 11 is 1.08. The number of urea groups is 1. The number of rotatable bonds is 4. The summed E-state index contributed by atoms with van der Waals surface area (Å²) in [6.07, 6.45) is 0. The van der Waals surface area contributed by atoms with Crippen molar-refractivity contribution in [1.29, 1.82) is 0 Å². The maximum absolute atomic E-state index is 12.2. The van der Waals surface area contributed by atoms with Crippen molar-refractivity contribution in [2.75, 3.05) is 25.4 Å². The van der Waals surface area contributed by atoms with E-state index in [1.807, 2.05) is 0 Å². The van der Waals surface area contributed by atoms with Gasteiger partial charge in [0.2, 0.25) is 5.91 Å². The van der Waals surface area contributed by atoms with Crippen LogP contribution in [-0.4, -0.2) is 58.2 Å². The molecule has 10 nitrogen and oxygen atoms in total. The average Bonchev–Trinajstić information content (AvgIpc) is 2.93. The number of nitrogens with two attached hydrogens (primary N) is 2. The minimum Gasteiger partial charge on any atom is -0.375 e. The Morgan fingerprint density at radius 2 is 2.09 bits per heavy atom. The molecule has 0 saturated carbocycles. The highest BCUT2D eigenvalue weighted by molar-refractivity contribution is 7.13. The number of primary amides is 1. The summed E-state index contributed by atoms with van der Waals surface area (Å²) in [5, 5.41) is 4.00. The molecule has 0 bridgehead atoms. The lowest BCUT2D eigenvalue weighted by atomic mass is 10.2. The topological polar surface area (TPSA) is 152 Å². The zero-order valence-electron chi connectivity index (χ0n) is 12.3. The lowest BCUT2D eigenvalue weighted by Crippen LogP contribution is -2.59. The number of likely N-dealkylation sites (N-methyl/N-ethyl adjacent to an activating group) is 1. The predicted molar refractivity (Wildman–Crippen MR) is 81.0 cm³/mol. The van der Waals surface area contributed by atoms with Gasteiger partial charge in [0.15, 0.2) is 11.2 Å². The van der Waals surface area contributed by atoms with E-state index in [1.54, 1.807) is 6.92 Å². The van der Waals surface area contributed by atoms with Gasteiger partial charge in [0.25, 0.3) is 0 Å². The van der Waals surface area contributed by atoms with Gasteiger partial charge >= 0.3 is 17.8 Å². The van der Waals surface area contributed by atoms with Crippen LogP contribution in [0.2, 0.25) is 0 Å². The number of nitrogen functional groups attached to an aromatic ring is 1. The lowest BCUT2D eigenvalue weighted by Gasteiger charge is -2.32. The van der Waals surface area contributed by atoms with E-state index in [2.05, 4.69) is 10.3 Å². The fourth-order valence-electron chi connectivity index (χ4n) is 2.10. The molecule has 5 amide bonds. The SMILES string of the molecule is CCN1CCN(C(=O)NC(C(N)=O)c2csc(N)n2)C(=O)C1=O. The maximum Gasteiger partial charge on any atom is 0.325 e. The molecule has 11 heteroatoms. The van der Waals surface area contributed by atoms with E-state index >= 15 is 0 Å². The second kappa shape index (κ2) is 6.60. The van der Waals surface area contributed by atoms with Crippen LogP contribution >= 0.6 is 11.3 Å². The first kappa shape index (κ1) is 16.7. The highest BCUT2D eigenvalue weighted by Gasteiger charge is 2.37. The fourth-order valence-corrected chi connectivity index (χ4v) is 2.68. The number of piperazine rings is 1. The van der Waals surface area contributed by atoms with Crippen molar-refractivity contribution >= 4 is 40.2 Å². The Morgan fingerprint density at radius 1 is 1.39 bits per heavy atom. The summed E-state index contributed by atoms with van der Waals surface area (Å²) in [6.45, 7) is 2.38. The van der Waals surface area contributed by atoms with Crippen molar-refractivity contribution in [2.45, 2.75) is 13.0 Å². The van der Waals surface area contributed by atoms with Gasteiger partial charge < -0.3 is 21.7 Å². The van der Waals surface area contributed by atoms with E-state index in [0.29, 0.717) is 6.54 Å². The number of imide groups is 1. The van der Waals surface area contributed by atoms with E-state index in [0.717, 1.165) is 16.2 Å². The van der Waals surface area contributed by atoms with Crippen LogP contribution in [0.3, 0.4) is 0 Å². The Bertz CT molecular complexity index is 660. The first-order valence-electron chi connectivity index (χ1n) is 6.76. The molecule has 0 aromatic carbocycles. The lowest BCUT2D eigenvalue weighted by molar-refractivity contribution is -0.153. The second-order valence-corrected chi connectivity index (χ2v) is 5.63. The van der Waals surface area contributed by atoms with Gasteiger partial charge in [-0.05, 0) is 6.92 Å². The number of amides is 5. The molecule has 1 unspecified atom stereocenters. The Hall–Kier alpha value is -2.69. The number of anilines is 1. The molecular weight excluding hydrogens is 324 g/mol. The van der Waals surface area contributed by atoms with Crippen LogP contribution < -0.4 is 16.8 Å². The molecule has 1 saturated heterocycles. The molecule has 0 spiro atoms. The number of hydrogen-bond donors (Lipinski definition) is 3. The summed E-state index contributed by atoms with van der Waals surface area (Å²) < 4.78 is 0. The number of thiazole rings is 1. The van der Waals surface area contributed by atoms with Crippen LogP contribution in [0.1, 0.15) is 18.7 Å². The van der Waals surface area contributed by atoms with E-state index in [4.69, 9.17) is 11.5 Å². The van der Waals surface area contributed by atoms with E-state index in [1.165, 1.54) is 10.3 Å². The summed E-state index contributed by atoms with van der Waals surface area (Å²) in [7, 11) is 0. The standard InChI is InChI=1S/C12H16N6O4S/c1-2-17-3-4-18(10(21)9(17)20)12(22)16-7(8(13)19)6-5-23-11(14)15-6/h5,7H,2-4H2,1H3,(H2,13,19)(H2,14,15)(H,16,22). The quantitative estimate of drug-likeness (QED) is 0.576. The highest BCUT2D eigenvalue weighted by Crippen LogP contribution is 2.18. The van der Waals surface area contributed by atoms with E-state index in [9.17, 15) is 19.2 Å². The zero-order valence-corrected chi connectivity index (χ0v) is 13.1. The Morgan fingerprint density at radius 3 is 2.61 bits per heavy atom. The number of aromatic nitrogens is 1. The number of hydrogen-bond acceptors (Lipinski definition) is 7. The third-order valence-electron chi connectivity index (χ3n) is 3.32. The predicted octanol–water partition coefficient (Wildman–Crippen LogP) is -1.35. The molecule has 1 aliphatic rings. The normalized spacial score (nSPS) is 16.4. The minimum absolute atomic E-state index is 0.0366. The van der Waals surface area contributed by atoms with Crippen molar-refractivity contribution in [2.24, 2.45) is 5.73 Å². The van der Waals surface area contributed by atoms with Crippen LogP contribution in [0.15, 0.2) is 5.38 Å². The Kier molecular flexibility index (Phi) is 4.79. The zero-order chi connectivity index (χ0) is 17.1. The largest absolute Gasteiger partial charge is 0.375 e. The van der Waals surface area contributed by atoms with Gasteiger partial charge in [-0.25, -0.2) is 9.78 Å². The second-order valence-electron chi connectivity index (χ2n) is 4.74. The van der Waals surface area contributed by atoms with E-state index < -0.39 is 29.8 Å². The molecule has 0 radical (unpaired) electrons. The summed E-state index contributed by atoms with van der Waals surface area (Å²) in [6, 6.07) is -2.11. The molecule has 1 aliphatic heterocycles. The summed E-state index contributed by atoms with van der Waals surface area (Å²) in [4.78, 5) is 53.5. The smallest absolute Gasteiger partial charge is 0.325 e. The van der Waals surface area contributed by atoms with Crippen molar-refractivity contribution in [3.05, 3.63) is 11.1 Å². The number of nitrogens with zero attached hydrogens (tertiary/aromatic N) is 3. The van der Waals surface area contributed by atoms with Gasteiger partial charge in [0.05, 0.1) is 5.69 Å². The molecule has 124 valence electrons. The van der Waals surface area contributed by atoms with Gasteiger partial charge in [0.1, 0.15) is 0 Å². The van der Waals surface area contributed by atoms with Gasteiger partial charge in [-0.15, -0.1) is 11.3 Å². The first-order valence-corrected chi connectivity index (χ1v) is 7.64. The Balaban J connectivity index is 2.12. The van der Waals surface area contributed by atoms with Crippen molar-refractivity contribution < 1.29 is 19.2 Å². The molecule has 23 heavy (non-hydrogen) atoms. The van der Waals surface area contributed by atoms with E-state index in [-0.39, 0.29) is 23.9 Å². The third-order valence-corrected chi connectivity index (χ3v) is 4.02. The number of carbonyl (C=O) groups excluding carboxylic acids is 4. The molecule has 2 heterocycles. The molecule has 5 N–H and O–H groups in total. The van der Waals surface area contributed by atoms with Gasteiger partial charge in [0, 0.05) is 25.0 Å². The van der Waals surface area contributed by atoms with Gasteiger partial charge in [-0.1, -0.05) is 0 Å². The molecule has 1 aromatic rings. The molecule has 1 atom stereocenters. The van der Waals surface area contributed by atoms with Crippen molar-refractivity contribution in [3.8, 4) is 0 Å². The van der Waals surface area contributed by atoms with Gasteiger partial charge in [-0.2, -0.15) is 0 Å². The Labute approximate surface area is 135 Å². The first-order chi connectivity index (χ1) is 10.8. The number of carbonyl (C=O) groups is 4. The molecule has 2 rings (SSSR count). The van der Waals surface area contributed by atoms with Crippen LogP contribution in [0.5, 0.6) is 0 Å². The molecule has 1 fully saturated rings. The number of nitrogens with one attached hydrogen (secondary N) is 1. The van der Waals surface area contributed by atoms with Crippen molar-refractivity contribution in [1.82, 2.24) is 20.1 Å². The fraction of sp³-hybridized carbons (Fsp3) is 0.417. The van der Waals surface area contributed by atoms with Crippen LogP contribution in [0, 0.1) is 0 Å². The van der Waals surface area contributed by atoms with Crippen molar-refractivity contribution in [3.63, 3.8) is 0 Å². The van der Waals surface area contributed by atoms with Gasteiger partial charge in [-0.3, -0.25) is 19.3 Å². The van der Waals surface area contributed by atoms with Crippen LogP contribution in [-0.2, 0) is 14.4 Å². The monoisotopic (exact) mass is 340 g/mol. The molecule has 1 aromatic heterocycles. The maximum atomic E-state index is 12.2. The third kappa shape index (κ3) is 3.39. The molecule has 0 aliphatic carbocycles. The minimum atomic E-state index is -1.23. The summed E-state index contributed by atoms with van der Waals surface area (Å²) in [5.74, 6) is -2.56. The van der Waals surface area contributed by atoms with Crippen LogP contribution in [0.25, 0.3) is 0 Å². The van der Waals surface area contributed by atoms with Crippen LogP contribution in [0.4, 0.5) is 9.93 Å².